The van der Waals surface area contributed by atoms with Crippen LogP contribution in [0.25, 0.3) is 0 Å². The Morgan fingerprint density at radius 2 is 1.43 bits per heavy atom. The summed E-state index contributed by atoms with van der Waals surface area (Å²) in [5.41, 5.74) is -0.641. The summed E-state index contributed by atoms with van der Waals surface area (Å²) in [7, 11) is -0.746. The van der Waals surface area contributed by atoms with Crippen LogP contribution < -0.4 is 10.2 Å². The lowest BCUT2D eigenvalue weighted by molar-refractivity contribution is 0.00578. The second-order valence-corrected chi connectivity index (χ2v) is 14.9. The van der Waals surface area contributed by atoms with Crippen molar-refractivity contribution < 1.29 is 18.4 Å². The number of hydrogen-bond acceptors (Lipinski definition) is 10. The summed E-state index contributed by atoms with van der Waals surface area (Å²) in [6.45, 7) is 7.69. The van der Waals surface area contributed by atoms with Crippen molar-refractivity contribution in [2.75, 3.05) is 0 Å². The first-order valence-corrected chi connectivity index (χ1v) is 11.4. The maximum absolute atomic E-state index is 14.4. The number of hydrogen-bond donors (Lipinski definition) is 7. The van der Waals surface area contributed by atoms with E-state index in [1.165, 1.54) is 12.1 Å². The molecular formula is C16H24BFO3S7. The Bertz CT molecular complexity index is 720. The van der Waals surface area contributed by atoms with Crippen LogP contribution in [0.1, 0.15) is 34.1 Å². The van der Waals surface area contributed by atoms with Crippen molar-refractivity contribution >= 4 is 101 Å². The lowest BCUT2D eigenvalue weighted by atomic mass is 9.79. The van der Waals surface area contributed by atoms with E-state index in [-0.39, 0.29) is 12.2 Å². The van der Waals surface area contributed by atoms with Crippen LogP contribution in [-0.4, -0.2) is 30.1 Å². The molecule has 1 aliphatic rings. The van der Waals surface area contributed by atoms with Gasteiger partial charge in [-0.2, -0.15) is 37.9 Å². The minimum Gasteiger partial charge on any atom is -0.473 e. The summed E-state index contributed by atoms with van der Waals surface area (Å²) >= 11 is 30.4. The Morgan fingerprint density at radius 1 is 0.929 bits per heavy atom. The monoisotopic (exact) mass is 518 g/mol. The topological polar surface area (TPSA) is 27.7 Å². The molecule has 0 N–H and O–H groups in total. The smallest absolute Gasteiger partial charge is 0.473 e. The van der Waals surface area contributed by atoms with Gasteiger partial charge in [0.1, 0.15) is 18.4 Å². The molecule has 0 aliphatic carbocycles. The first kappa shape index (κ1) is 25.6. The van der Waals surface area contributed by atoms with Gasteiger partial charge in [-0.15, -0.1) is 50.5 Å². The van der Waals surface area contributed by atoms with Gasteiger partial charge in [-0.05, 0) is 45.3 Å². The lowest BCUT2D eigenvalue weighted by Crippen LogP contribution is -2.46. The van der Waals surface area contributed by atoms with Gasteiger partial charge < -0.3 is 14.0 Å². The summed E-state index contributed by atoms with van der Waals surface area (Å²) in [6, 6.07) is 4.18. The van der Waals surface area contributed by atoms with Crippen molar-refractivity contribution in [2.45, 2.75) is 57.1 Å². The third-order valence-corrected chi connectivity index (χ3v) is 7.38. The van der Waals surface area contributed by atoms with Gasteiger partial charge in [-0.1, -0.05) is 0 Å². The summed E-state index contributed by atoms with van der Waals surface area (Å²) in [4.78, 5) is -1.41. The van der Waals surface area contributed by atoms with Crippen molar-refractivity contribution in [1.82, 2.24) is 0 Å². The zero-order valence-corrected chi connectivity index (χ0v) is 22.0. The maximum atomic E-state index is 14.4. The standard InChI is InChI=1S/C16H24BFO3S7/c1-12(2)13(3,4)21-17(20-12)9-5-10(18)7-11(6-9)19-14(22,16(26,27)28)8-15(23,24)25/h5-7,22-28H,8H2,1-4H3. The molecule has 3 nitrogen and oxygen atoms in total. The highest BCUT2D eigenvalue weighted by molar-refractivity contribution is 8.18. The zero-order chi connectivity index (χ0) is 21.8. The first-order chi connectivity index (χ1) is 12.4. The van der Waals surface area contributed by atoms with Crippen molar-refractivity contribution in [3.63, 3.8) is 0 Å². The Kier molecular flexibility index (Phi) is 7.68. The quantitative estimate of drug-likeness (QED) is 0.173. The van der Waals surface area contributed by atoms with Crippen LogP contribution in [0.15, 0.2) is 18.2 Å². The van der Waals surface area contributed by atoms with Crippen molar-refractivity contribution in [2.24, 2.45) is 0 Å². The van der Waals surface area contributed by atoms with Crippen LogP contribution in [0.2, 0.25) is 0 Å². The van der Waals surface area contributed by atoms with Crippen molar-refractivity contribution in [1.29, 1.82) is 0 Å². The molecule has 1 aromatic rings. The van der Waals surface area contributed by atoms with Gasteiger partial charge in [0.15, 0.2) is 4.93 Å². The average Bonchev–Trinajstić information content (AvgIpc) is 2.63. The average molecular weight is 519 g/mol. The molecule has 0 amide bonds. The van der Waals surface area contributed by atoms with Gasteiger partial charge in [0.25, 0.3) is 0 Å². The summed E-state index contributed by atoms with van der Waals surface area (Å²) in [5, 5.41) is 0. The van der Waals surface area contributed by atoms with Gasteiger partial charge in [0, 0.05) is 12.5 Å². The molecule has 1 fully saturated rings. The van der Waals surface area contributed by atoms with E-state index in [0.717, 1.165) is 0 Å². The summed E-state index contributed by atoms with van der Waals surface area (Å²) < 4.78 is 29.9. The number of rotatable bonds is 6. The molecule has 0 spiro atoms. The van der Waals surface area contributed by atoms with E-state index in [2.05, 4.69) is 88.4 Å². The van der Waals surface area contributed by atoms with Crippen LogP contribution >= 0.6 is 88.4 Å². The maximum Gasteiger partial charge on any atom is 0.495 e. The van der Waals surface area contributed by atoms with Crippen LogP contribution in [0.3, 0.4) is 0 Å². The normalized spacial score (nSPS) is 21.5. The highest BCUT2D eigenvalue weighted by Crippen LogP contribution is 2.50. The van der Waals surface area contributed by atoms with Gasteiger partial charge in [-0.25, -0.2) is 4.39 Å². The Labute approximate surface area is 205 Å². The minimum atomic E-state index is -1.41. The third kappa shape index (κ3) is 6.00. The Morgan fingerprint density at radius 3 is 1.86 bits per heavy atom. The van der Waals surface area contributed by atoms with E-state index in [1.54, 1.807) is 6.07 Å². The molecule has 1 saturated heterocycles. The SMILES string of the molecule is CC1(C)OB(c2cc(F)cc(OC(S)(CC(S)(S)S)C(S)(S)S)c2)OC1(C)C. The molecule has 158 valence electrons. The molecule has 0 aromatic heterocycles. The molecule has 1 aromatic carbocycles. The minimum absolute atomic E-state index is 0.0667. The predicted octanol–water partition coefficient (Wildman–Crippen LogP) is 4.41. The van der Waals surface area contributed by atoms with Gasteiger partial charge in [-0.3, -0.25) is 0 Å². The lowest BCUT2D eigenvalue weighted by Gasteiger charge is -2.41. The Hall–Kier alpha value is 1.38. The molecule has 1 atom stereocenters. The highest BCUT2D eigenvalue weighted by Gasteiger charge is 2.52. The number of halogens is 1. The zero-order valence-electron chi connectivity index (χ0n) is 15.7. The van der Waals surface area contributed by atoms with E-state index in [0.29, 0.717) is 5.46 Å². The summed E-state index contributed by atoms with van der Waals surface area (Å²) in [5.74, 6) is -0.338. The fraction of sp³-hybridized carbons (Fsp3) is 0.625. The van der Waals surface area contributed by atoms with Crippen molar-refractivity contribution in [3.8, 4) is 5.75 Å². The number of benzene rings is 1. The largest absolute Gasteiger partial charge is 0.495 e. The second-order valence-electron chi connectivity index (χ2n) is 7.78. The number of ether oxygens (including phenoxy) is 1. The summed E-state index contributed by atoms with van der Waals surface area (Å²) in [6.07, 6.45) is 0.0667. The molecule has 1 aliphatic heterocycles. The van der Waals surface area contributed by atoms with E-state index >= 15 is 0 Å². The fourth-order valence-electron chi connectivity index (χ4n) is 2.50. The van der Waals surface area contributed by atoms with Gasteiger partial charge in [0.2, 0.25) is 0 Å². The van der Waals surface area contributed by atoms with Crippen LogP contribution in [0.4, 0.5) is 4.39 Å². The fourth-order valence-corrected chi connectivity index (χ4v) is 4.26. The van der Waals surface area contributed by atoms with E-state index in [1.807, 2.05) is 27.7 Å². The van der Waals surface area contributed by atoms with Gasteiger partial charge in [0.05, 0.1) is 11.2 Å². The molecular weight excluding hydrogens is 494 g/mol. The molecule has 2 rings (SSSR count). The first-order valence-electron chi connectivity index (χ1n) is 8.27. The van der Waals surface area contributed by atoms with E-state index in [9.17, 15) is 4.39 Å². The molecule has 0 radical (unpaired) electrons. The third-order valence-electron chi connectivity index (χ3n) is 4.71. The molecule has 0 bridgehead atoms. The number of thiol groups is 7. The Balaban J connectivity index is 2.37. The highest BCUT2D eigenvalue weighted by atomic mass is 32.2. The van der Waals surface area contributed by atoms with Crippen LogP contribution in [-0.2, 0) is 9.31 Å². The van der Waals surface area contributed by atoms with Crippen molar-refractivity contribution in [3.05, 3.63) is 24.0 Å². The van der Waals surface area contributed by atoms with Crippen LogP contribution in [0.5, 0.6) is 5.75 Å². The predicted molar refractivity (Wildman–Crippen MR) is 138 cm³/mol. The second kappa shape index (κ2) is 8.39. The molecule has 1 heterocycles. The van der Waals surface area contributed by atoms with E-state index < -0.39 is 35.9 Å². The molecule has 12 heteroatoms. The van der Waals surface area contributed by atoms with Crippen LogP contribution in [0, 0.1) is 5.82 Å². The van der Waals surface area contributed by atoms with Gasteiger partial charge >= 0.3 is 7.12 Å². The molecule has 28 heavy (non-hydrogen) atoms. The van der Waals surface area contributed by atoms with E-state index in [4.69, 9.17) is 14.0 Å². The molecule has 0 saturated carbocycles. The molecule has 1 unspecified atom stereocenters.